The highest BCUT2D eigenvalue weighted by Gasteiger charge is 2.17. The van der Waals surface area contributed by atoms with E-state index in [9.17, 15) is 9.59 Å². The molecule has 0 aliphatic heterocycles. The van der Waals surface area contributed by atoms with E-state index in [0.29, 0.717) is 18.7 Å². The van der Waals surface area contributed by atoms with Gasteiger partial charge in [0.1, 0.15) is 11.8 Å². The number of carbonyl (C=O) groups excluding carboxylic acids is 2. The molecule has 8 heteroatoms. The minimum Gasteiger partial charge on any atom is -0.467 e. The van der Waals surface area contributed by atoms with E-state index < -0.39 is 6.04 Å². The molecule has 3 rings (SSSR count). The van der Waals surface area contributed by atoms with Crippen molar-refractivity contribution >= 4 is 17.5 Å². The van der Waals surface area contributed by atoms with Gasteiger partial charge in [0.15, 0.2) is 5.65 Å². The molecule has 0 aliphatic carbocycles. The third-order valence-electron chi connectivity index (χ3n) is 4.68. The maximum atomic E-state index is 12.3. The molecular formula is C20H25N5O3. The molecule has 1 atom stereocenters. The summed E-state index contributed by atoms with van der Waals surface area (Å²) in [5, 5.41) is 9.92. The fraction of sp³-hybridized carbons (Fsp3) is 0.400. The van der Waals surface area contributed by atoms with Crippen LogP contribution in [0.3, 0.4) is 0 Å². The monoisotopic (exact) mass is 383 g/mol. The van der Waals surface area contributed by atoms with Crippen molar-refractivity contribution in [3.8, 4) is 0 Å². The van der Waals surface area contributed by atoms with Crippen molar-refractivity contribution in [3.05, 3.63) is 52.9 Å². The Morgan fingerprint density at radius 1 is 1.29 bits per heavy atom. The minimum absolute atomic E-state index is 0.184. The van der Waals surface area contributed by atoms with Crippen molar-refractivity contribution in [1.82, 2.24) is 25.2 Å². The molecule has 3 heterocycles. The number of aromatic nitrogens is 3. The number of rotatable bonds is 7. The van der Waals surface area contributed by atoms with Gasteiger partial charge in [0.25, 0.3) is 0 Å². The predicted octanol–water partition coefficient (Wildman–Crippen LogP) is 2.00. The van der Waals surface area contributed by atoms with E-state index in [1.807, 2.05) is 26.8 Å². The van der Waals surface area contributed by atoms with Crippen molar-refractivity contribution in [1.29, 1.82) is 0 Å². The zero-order valence-corrected chi connectivity index (χ0v) is 16.6. The SMILES string of the molecule is Cc1cc2nc(C)c(CCC(=O)NC(C)C(=O)NCc3ccco3)c(C)n2n1. The highest BCUT2D eigenvalue weighted by molar-refractivity contribution is 5.87. The molecule has 28 heavy (non-hydrogen) atoms. The third kappa shape index (κ3) is 4.39. The maximum absolute atomic E-state index is 12.3. The molecule has 148 valence electrons. The molecule has 0 radical (unpaired) electrons. The van der Waals surface area contributed by atoms with Crippen molar-refractivity contribution in [2.24, 2.45) is 0 Å². The van der Waals surface area contributed by atoms with Gasteiger partial charge in [-0.25, -0.2) is 9.50 Å². The van der Waals surface area contributed by atoms with Crippen molar-refractivity contribution in [2.75, 3.05) is 0 Å². The predicted molar refractivity (Wildman–Crippen MR) is 104 cm³/mol. The summed E-state index contributed by atoms with van der Waals surface area (Å²) >= 11 is 0. The molecule has 0 bridgehead atoms. The van der Waals surface area contributed by atoms with Crippen LogP contribution in [0.1, 0.15) is 41.8 Å². The normalized spacial score (nSPS) is 12.1. The molecule has 0 spiro atoms. The van der Waals surface area contributed by atoms with Crippen LogP contribution >= 0.6 is 0 Å². The number of carbonyl (C=O) groups is 2. The fourth-order valence-corrected chi connectivity index (χ4v) is 3.16. The highest BCUT2D eigenvalue weighted by atomic mass is 16.3. The van der Waals surface area contributed by atoms with Crippen LogP contribution in [0.4, 0.5) is 0 Å². The minimum atomic E-state index is -0.626. The lowest BCUT2D eigenvalue weighted by atomic mass is 10.1. The van der Waals surface area contributed by atoms with Gasteiger partial charge < -0.3 is 15.1 Å². The summed E-state index contributed by atoms with van der Waals surface area (Å²) in [4.78, 5) is 29.0. The molecule has 2 N–H and O–H groups in total. The second-order valence-corrected chi connectivity index (χ2v) is 6.90. The van der Waals surface area contributed by atoms with Gasteiger partial charge in [-0.3, -0.25) is 9.59 Å². The molecule has 1 unspecified atom stereocenters. The second kappa shape index (κ2) is 8.24. The zero-order chi connectivity index (χ0) is 20.3. The molecular weight excluding hydrogens is 358 g/mol. The number of fused-ring (bicyclic) bond motifs is 1. The molecule has 0 fully saturated rings. The summed E-state index contributed by atoms with van der Waals surface area (Å²) in [6, 6.07) is 4.84. The standard InChI is InChI=1S/C20H25N5O3/c1-12-10-18-22-13(2)17(15(4)25(18)24-12)7-8-19(26)23-14(3)20(27)21-11-16-6-5-9-28-16/h5-6,9-10,14H,7-8,11H2,1-4H3,(H,21,27)(H,23,26). The van der Waals surface area contributed by atoms with Crippen LogP contribution in [-0.2, 0) is 22.6 Å². The first-order valence-corrected chi connectivity index (χ1v) is 9.27. The van der Waals surface area contributed by atoms with E-state index in [1.165, 1.54) is 0 Å². The molecule has 3 aromatic rings. The van der Waals surface area contributed by atoms with E-state index in [4.69, 9.17) is 4.42 Å². The van der Waals surface area contributed by atoms with Crippen molar-refractivity contribution in [3.63, 3.8) is 0 Å². The maximum Gasteiger partial charge on any atom is 0.242 e. The molecule has 0 saturated carbocycles. The first-order valence-electron chi connectivity index (χ1n) is 9.27. The quantitative estimate of drug-likeness (QED) is 0.650. The number of hydrogen-bond donors (Lipinski definition) is 2. The number of aryl methyl sites for hydroxylation is 3. The first kappa shape index (κ1) is 19.6. The van der Waals surface area contributed by atoms with E-state index in [0.717, 1.165) is 28.3 Å². The highest BCUT2D eigenvalue weighted by Crippen LogP contribution is 2.17. The number of furan rings is 1. The molecule has 0 aromatic carbocycles. The van der Waals surface area contributed by atoms with Crippen LogP contribution < -0.4 is 10.6 Å². The average molecular weight is 383 g/mol. The molecule has 0 aliphatic rings. The summed E-state index contributed by atoms with van der Waals surface area (Å²) in [6.45, 7) is 7.79. The molecule has 0 saturated heterocycles. The lowest BCUT2D eigenvalue weighted by Gasteiger charge is -2.15. The van der Waals surface area contributed by atoms with Crippen LogP contribution in [0.25, 0.3) is 5.65 Å². The second-order valence-electron chi connectivity index (χ2n) is 6.90. The Morgan fingerprint density at radius 2 is 2.07 bits per heavy atom. The summed E-state index contributed by atoms with van der Waals surface area (Å²) < 4.78 is 6.98. The largest absolute Gasteiger partial charge is 0.467 e. The topological polar surface area (TPSA) is 102 Å². The van der Waals surface area contributed by atoms with Gasteiger partial charge in [0.2, 0.25) is 11.8 Å². The van der Waals surface area contributed by atoms with Gasteiger partial charge in [-0.2, -0.15) is 5.10 Å². The van der Waals surface area contributed by atoms with Gasteiger partial charge in [-0.15, -0.1) is 0 Å². The lowest BCUT2D eigenvalue weighted by molar-refractivity contribution is -0.128. The van der Waals surface area contributed by atoms with E-state index in [2.05, 4.69) is 20.7 Å². The number of nitrogens with one attached hydrogen (secondary N) is 2. The zero-order valence-electron chi connectivity index (χ0n) is 16.6. The number of hydrogen-bond acceptors (Lipinski definition) is 5. The number of nitrogens with zero attached hydrogens (tertiary/aromatic N) is 3. The van der Waals surface area contributed by atoms with E-state index in [-0.39, 0.29) is 18.2 Å². The summed E-state index contributed by atoms with van der Waals surface area (Å²) in [7, 11) is 0. The van der Waals surface area contributed by atoms with Gasteiger partial charge in [0.05, 0.1) is 18.5 Å². The smallest absolute Gasteiger partial charge is 0.242 e. The molecule has 3 aromatic heterocycles. The van der Waals surface area contributed by atoms with Gasteiger partial charge in [0, 0.05) is 23.9 Å². The van der Waals surface area contributed by atoms with E-state index >= 15 is 0 Å². The van der Waals surface area contributed by atoms with Gasteiger partial charge in [-0.1, -0.05) is 0 Å². The van der Waals surface area contributed by atoms with Crippen molar-refractivity contribution < 1.29 is 14.0 Å². The van der Waals surface area contributed by atoms with Crippen molar-refractivity contribution in [2.45, 2.75) is 53.1 Å². The van der Waals surface area contributed by atoms with Gasteiger partial charge >= 0.3 is 0 Å². The third-order valence-corrected chi connectivity index (χ3v) is 4.68. The van der Waals surface area contributed by atoms with Gasteiger partial charge in [-0.05, 0) is 51.8 Å². The van der Waals surface area contributed by atoms with Crippen LogP contribution in [0.15, 0.2) is 28.9 Å². The van der Waals surface area contributed by atoms with E-state index in [1.54, 1.807) is 29.8 Å². The Balaban J connectivity index is 1.55. The Hall–Kier alpha value is -3.16. The fourth-order valence-electron chi connectivity index (χ4n) is 3.16. The number of amides is 2. The summed E-state index contributed by atoms with van der Waals surface area (Å²) in [5.74, 6) is 0.220. The first-order chi connectivity index (χ1) is 13.3. The van der Waals surface area contributed by atoms with Crippen LogP contribution in [0.2, 0.25) is 0 Å². The molecule has 2 amide bonds. The average Bonchev–Trinajstić information content (AvgIpc) is 3.28. The van der Waals surface area contributed by atoms with Crippen LogP contribution in [-0.4, -0.2) is 32.5 Å². The Bertz CT molecular complexity index is 991. The van der Waals surface area contributed by atoms with Crippen LogP contribution in [0, 0.1) is 20.8 Å². The Morgan fingerprint density at radius 3 is 2.79 bits per heavy atom. The Labute approximate surface area is 163 Å². The lowest BCUT2D eigenvalue weighted by Crippen LogP contribution is -2.44. The Kier molecular flexibility index (Phi) is 5.77. The summed E-state index contributed by atoms with van der Waals surface area (Å²) in [6.07, 6.45) is 2.35. The molecule has 8 nitrogen and oxygen atoms in total. The van der Waals surface area contributed by atoms with Crippen LogP contribution in [0.5, 0.6) is 0 Å². The summed E-state index contributed by atoms with van der Waals surface area (Å²) in [5.41, 5.74) is 4.58.